The predicted molar refractivity (Wildman–Crippen MR) is 71.3 cm³/mol. The topological polar surface area (TPSA) is 38.5 Å². The maximum Gasteiger partial charge on any atom is 0.0726 e. The summed E-state index contributed by atoms with van der Waals surface area (Å²) < 4.78 is 5.76. The lowest BCUT2D eigenvalue weighted by atomic mass is 10.1. The molecule has 3 heteroatoms. The average molecular weight is 234 g/mol. The molecule has 2 N–H and O–H groups in total. The van der Waals surface area contributed by atoms with E-state index in [2.05, 4.69) is 43.9 Å². The first-order chi connectivity index (χ1) is 8.10. The van der Waals surface area contributed by atoms with E-state index < -0.39 is 0 Å². The number of aryl methyl sites for hydroxylation is 1. The summed E-state index contributed by atoms with van der Waals surface area (Å²) in [6, 6.07) is 6.52. The first-order valence-corrected chi connectivity index (χ1v) is 6.30. The van der Waals surface area contributed by atoms with Crippen LogP contribution in [0.2, 0.25) is 0 Å². The maximum absolute atomic E-state index is 5.84. The quantitative estimate of drug-likeness (QED) is 0.851. The van der Waals surface area contributed by atoms with Crippen LogP contribution >= 0.6 is 0 Å². The molecule has 0 bridgehead atoms. The Morgan fingerprint density at radius 2 is 1.94 bits per heavy atom. The summed E-state index contributed by atoms with van der Waals surface area (Å²) >= 11 is 0. The summed E-state index contributed by atoms with van der Waals surface area (Å²) in [5.74, 6) is 0. The monoisotopic (exact) mass is 234 g/mol. The second-order valence-corrected chi connectivity index (χ2v) is 5.00. The van der Waals surface area contributed by atoms with Gasteiger partial charge in [-0.2, -0.15) is 0 Å². The molecule has 94 valence electrons. The Morgan fingerprint density at radius 1 is 1.29 bits per heavy atom. The van der Waals surface area contributed by atoms with E-state index >= 15 is 0 Å². The lowest BCUT2D eigenvalue weighted by molar-refractivity contribution is -0.00525. The van der Waals surface area contributed by atoms with Crippen LogP contribution in [-0.4, -0.2) is 25.3 Å². The van der Waals surface area contributed by atoms with Gasteiger partial charge >= 0.3 is 0 Å². The van der Waals surface area contributed by atoms with Crippen molar-refractivity contribution in [3.05, 3.63) is 29.3 Å². The highest BCUT2D eigenvalue weighted by Crippen LogP contribution is 2.25. The molecule has 17 heavy (non-hydrogen) atoms. The molecule has 0 amide bonds. The summed E-state index contributed by atoms with van der Waals surface area (Å²) in [5, 5.41) is 0. The van der Waals surface area contributed by atoms with Gasteiger partial charge in [0.1, 0.15) is 0 Å². The van der Waals surface area contributed by atoms with Gasteiger partial charge in [-0.15, -0.1) is 0 Å². The van der Waals surface area contributed by atoms with E-state index in [-0.39, 0.29) is 12.2 Å². The number of benzene rings is 1. The van der Waals surface area contributed by atoms with Crippen molar-refractivity contribution in [3.63, 3.8) is 0 Å². The molecule has 0 aliphatic carbocycles. The molecule has 2 rings (SSSR count). The molecule has 2 atom stereocenters. The molecule has 2 unspecified atom stereocenters. The second-order valence-electron chi connectivity index (χ2n) is 5.00. The number of hydrogen-bond acceptors (Lipinski definition) is 3. The summed E-state index contributed by atoms with van der Waals surface area (Å²) in [6.45, 7) is 8.84. The highest BCUT2D eigenvalue weighted by molar-refractivity contribution is 5.55. The Kier molecular flexibility index (Phi) is 3.69. The van der Waals surface area contributed by atoms with E-state index in [1.807, 2.05) is 0 Å². The van der Waals surface area contributed by atoms with Crippen LogP contribution in [0.1, 0.15) is 25.0 Å². The van der Waals surface area contributed by atoms with Gasteiger partial charge in [-0.1, -0.05) is 17.7 Å². The number of nitrogens with zero attached hydrogens (tertiary/aromatic N) is 1. The van der Waals surface area contributed by atoms with Crippen molar-refractivity contribution in [2.75, 3.05) is 18.0 Å². The van der Waals surface area contributed by atoms with Crippen molar-refractivity contribution in [2.24, 2.45) is 5.73 Å². The molecule has 0 saturated carbocycles. The average Bonchev–Trinajstić information content (AvgIpc) is 2.27. The van der Waals surface area contributed by atoms with Gasteiger partial charge in [-0.05, 0) is 32.4 Å². The molecule has 1 heterocycles. The zero-order chi connectivity index (χ0) is 12.4. The summed E-state index contributed by atoms with van der Waals surface area (Å²) in [7, 11) is 0. The van der Waals surface area contributed by atoms with E-state index in [0.29, 0.717) is 6.54 Å². The number of nitrogens with two attached hydrogens (primary N) is 1. The number of ether oxygens (including phenoxy) is 1. The Labute approximate surface area is 104 Å². The standard InChI is InChI=1S/C14H22N2O/c1-10-4-5-14(13(6-10)7-15)16-8-11(2)17-12(3)9-16/h4-6,11-12H,7-9,15H2,1-3H3. The van der Waals surface area contributed by atoms with Gasteiger partial charge < -0.3 is 15.4 Å². The molecule has 1 aliphatic rings. The normalized spacial score (nSPS) is 25.1. The van der Waals surface area contributed by atoms with Crippen LogP contribution in [0.15, 0.2) is 18.2 Å². The fourth-order valence-corrected chi connectivity index (χ4v) is 2.56. The van der Waals surface area contributed by atoms with Gasteiger partial charge in [0, 0.05) is 25.3 Å². The molecule has 1 aromatic rings. The molecular weight excluding hydrogens is 212 g/mol. The van der Waals surface area contributed by atoms with Crippen LogP contribution < -0.4 is 10.6 Å². The molecule has 0 radical (unpaired) electrons. The van der Waals surface area contributed by atoms with E-state index in [1.54, 1.807) is 0 Å². The van der Waals surface area contributed by atoms with Crippen molar-refractivity contribution in [1.82, 2.24) is 0 Å². The molecule has 1 aliphatic heterocycles. The van der Waals surface area contributed by atoms with Crippen LogP contribution in [-0.2, 0) is 11.3 Å². The minimum atomic E-state index is 0.283. The van der Waals surface area contributed by atoms with Crippen molar-refractivity contribution in [2.45, 2.75) is 39.5 Å². The van der Waals surface area contributed by atoms with Crippen molar-refractivity contribution >= 4 is 5.69 Å². The van der Waals surface area contributed by atoms with Crippen molar-refractivity contribution in [3.8, 4) is 0 Å². The fraction of sp³-hybridized carbons (Fsp3) is 0.571. The maximum atomic E-state index is 5.84. The lowest BCUT2D eigenvalue weighted by Gasteiger charge is -2.37. The smallest absolute Gasteiger partial charge is 0.0726 e. The van der Waals surface area contributed by atoms with Crippen LogP contribution in [0.25, 0.3) is 0 Å². The van der Waals surface area contributed by atoms with Crippen molar-refractivity contribution in [1.29, 1.82) is 0 Å². The van der Waals surface area contributed by atoms with Gasteiger partial charge in [-0.25, -0.2) is 0 Å². The summed E-state index contributed by atoms with van der Waals surface area (Å²) in [5.41, 5.74) is 9.60. The Morgan fingerprint density at radius 3 is 2.53 bits per heavy atom. The number of anilines is 1. The van der Waals surface area contributed by atoms with E-state index in [1.165, 1.54) is 16.8 Å². The van der Waals surface area contributed by atoms with E-state index in [4.69, 9.17) is 10.5 Å². The Hall–Kier alpha value is -1.06. The van der Waals surface area contributed by atoms with E-state index in [9.17, 15) is 0 Å². The van der Waals surface area contributed by atoms with Crippen molar-refractivity contribution < 1.29 is 4.74 Å². The molecule has 0 aromatic heterocycles. The third-order valence-electron chi connectivity index (χ3n) is 3.22. The zero-order valence-electron chi connectivity index (χ0n) is 10.9. The molecule has 0 spiro atoms. The second kappa shape index (κ2) is 5.07. The van der Waals surface area contributed by atoms with Gasteiger partial charge in [-0.3, -0.25) is 0 Å². The van der Waals surface area contributed by atoms with Crippen LogP contribution in [0.5, 0.6) is 0 Å². The fourth-order valence-electron chi connectivity index (χ4n) is 2.56. The number of hydrogen-bond donors (Lipinski definition) is 1. The minimum Gasteiger partial charge on any atom is -0.372 e. The Bertz CT molecular complexity index is 382. The first-order valence-electron chi connectivity index (χ1n) is 6.30. The predicted octanol–water partition coefficient (Wildman–Crippen LogP) is 2.07. The Balaban J connectivity index is 2.26. The van der Waals surface area contributed by atoms with Gasteiger partial charge in [0.15, 0.2) is 0 Å². The van der Waals surface area contributed by atoms with Gasteiger partial charge in [0.25, 0.3) is 0 Å². The number of morpholine rings is 1. The molecule has 1 aromatic carbocycles. The number of rotatable bonds is 2. The lowest BCUT2D eigenvalue weighted by Crippen LogP contribution is -2.45. The SMILES string of the molecule is Cc1ccc(N2CC(C)OC(C)C2)c(CN)c1. The summed E-state index contributed by atoms with van der Waals surface area (Å²) in [4.78, 5) is 2.39. The summed E-state index contributed by atoms with van der Waals surface area (Å²) in [6.07, 6.45) is 0.566. The molecular formula is C14H22N2O. The molecule has 1 saturated heterocycles. The highest BCUT2D eigenvalue weighted by Gasteiger charge is 2.23. The third kappa shape index (κ3) is 2.79. The molecule has 1 fully saturated rings. The minimum absolute atomic E-state index is 0.283. The highest BCUT2D eigenvalue weighted by atomic mass is 16.5. The van der Waals surface area contributed by atoms with Crippen LogP contribution in [0, 0.1) is 6.92 Å². The van der Waals surface area contributed by atoms with Gasteiger partial charge in [0.2, 0.25) is 0 Å². The third-order valence-corrected chi connectivity index (χ3v) is 3.22. The van der Waals surface area contributed by atoms with Crippen LogP contribution in [0.4, 0.5) is 5.69 Å². The first kappa shape index (κ1) is 12.4. The molecule has 3 nitrogen and oxygen atoms in total. The van der Waals surface area contributed by atoms with Gasteiger partial charge in [0.05, 0.1) is 12.2 Å². The largest absolute Gasteiger partial charge is 0.372 e. The van der Waals surface area contributed by atoms with Crippen LogP contribution in [0.3, 0.4) is 0 Å². The zero-order valence-corrected chi connectivity index (χ0v) is 10.9. The van der Waals surface area contributed by atoms with E-state index in [0.717, 1.165) is 13.1 Å².